The van der Waals surface area contributed by atoms with Crippen LogP contribution in [0.2, 0.25) is 0 Å². The number of benzene rings is 1. The molecule has 0 bridgehead atoms. The van der Waals surface area contributed by atoms with Gasteiger partial charge in [0.25, 0.3) is 0 Å². The number of aliphatic imine (C=N–C) groups is 1. The Morgan fingerprint density at radius 2 is 2.04 bits per heavy atom. The zero-order valence-corrected chi connectivity index (χ0v) is 12.8. The van der Waals surface area contributed by atoms with Crippen molar-refractivity contribution in [2.24, 2.45) is 10.7 Å². The maximum Gasteiger partial charge on any atom is 0.335 e. The molecule has 0 spiro atoms. The maximum absolute atomic E-state index is 10.9. The van der Waals surface area contributed by atoms with Crippen LogP contribution in [-0.2, 0) is 0 Å². The highest BCUT2D eigenvalue weighted by Gasteiger charge is 2.09. The first-order valence-electron chi connectivity index (χ1n) is 6.83. The summed E-state index contributed by atoms with van der Waals surface area (Å²) in [6, 6.07) is 6.52. The number of anilines is 1. The number of carboxylic acids is 1. The second kappa shape index (κ2) is 7.17. The van der Waals surface area contributed by atoms with Crippen molar-refractivity contribution in [2.75, 3.05) is 12.4 Å². The number of aryl methyl sites for hydroxylation is 1. The summed E-state index contributed by atoms with van der Waals surface area (Å²) in [5.74, 6) is -0.584. The molecule has 4 N–H and O–H groups in total. The quantitative estimate of drug-likeness (QED) is 0.728. The molecule has 0 saturated carbocycles. The third kappa shape index (κ3) is 3.91. The molecule has 7 heteroatoms. The van der Waals surface area contributed by atoms with E-state index in [1.54, 1.807) is 43.7 Å². The lowest BCUT2D eigenvalue weighted by Crippen LogP contribution is -2.08. The van der Waals surface area contributed by atoms with Gasteiger partial charge >= 0.3 is 5.97 Å². The first-order valence-corrected chi connectivity index (χ1v) is 6.83. The molecule has 0 unspecified atom stereocenters. The molecule has 1 aromatic heterocycles. The molecule has 7 nitrogen and oxygen atoms in total. The zero-order chi connectivity index (χ0) is 16.8. The van der Waals surface area contributed by atoms with Gasteiger partial charge in [-0.3, -0.25) is 4.99 Å². The molecular weight excluding hydrogens is 294 g/mol. The first kappa shape index (κ1) is 16.2. The Morgan fingerprint density at radius 3 is 2.61 bits per heavy atom. The Morgan fingerprint density at radius 1 is 1.35 bits per heavy atom. The Hall–Kier alpha value is -3.22. The van der Waals surface area contributed by atoms with Gasteiger partial charge in [0, 0.05) is 31.2 Å². The van der Waals surface area contributed by atoms with Crippen LogP contribution in [0, 0.1) is 6.92 Å². The average molecular weight is 311 g/mol. The molecule has 0 atom stereocenters. The number of rotatable bonds is 5. The van der Waals surface area contributed by atoms with E-state index in [0.717, 1.165) is 11.1 Å². The third-order valence-electron chi connectivity index (χ3n) is 3.08. The number of nitrogens with one attached hydrogen (secondary N) is 1. The van der Waals surface area contributed by atoms with Crippen LogP contribution in [0.5, 0.6) is 0 Å². The van der Waals surface area contributed by atoms with Gasteiger partial charge in [-0.2, -0.15) is 0 Å². The number of aromatic nitrogens is 2. The van der Waals surface area contributed by atoms with E-state index in [9.17, 15) is 4.79 Å². The number of hydrogen-bond donors (Lipinski definition) is 3. The van der Waals surface area contributed by atoms with E-state index < -0.39 is 5.97 Å². The first-order chi connectivity index (χ1) is 11.0. The van der Waals surface area contributed by atoms with Gasteiger partial charge in [-0.05, 0) is 24.6 Å². The fraction of sp³-hybridized carbons (Fsp3) is 0.125. The van der Waals surface area contributed by atoms with Crippen LogP contribution in [-0.4, -0.2) is 34.3 Å². The van der Waals surface area contributed by atoms with Crippen molar-refractivity contribution in [1.29, 1.82) is 0 Å². The number of nitrogens with two attached hydrogens (primary N) is 1. The molecule has 1 heterocycles. The highest BCUT2D eigenvalue weighted by Crippen LogP contribution is 2.22. The van der Waals surface area contributed by atoms with Crippen LogP contribution in [0.15, 0.2) is 47.4 Å². The van der Waals surface area contributed by atoms with Crippen molar-refractivity contribution in [1.82, 2.24) is 9.97 Å². The highest BCUT2D eigenvalue weighted by atomic mass is 16.4. The summed E-state index contributed by atoms with van der Waals surface area (Å²) in [5.41, 5.74) is 8.70. The predicted molar refractivity (Wildman–Crippen MR) is 89.5 cm³/mol. The van der Waals surface area contributed by atoms with Gasteiger partial charge in [-0.25, -0.2) is 14.8 Å². The minimum Gasteiger partial charge on any atom is -0.478 e. The molecule has 0 fully saturated rings. The number of aromatic carboxylic acids is 1. The molecule has 0 aliphatic carbocycles. The van der Waals surface area contributed by atoms with Crippen LogP contribution in [0.4, 0.5) is 5.95 Å². The average Bonchev–Trinajstić information content (AvgIpc) is 2.56. The molecule has 2 aromatic rings. The number of carboxylic acid groups (broad SMARTS) is 1. The van der Waals surface area contributed by atoms with Crippen molar-refractivity contribution >= 4 is 18.1 Å². The monoisotopic (exact) mass is 311 g/mol. The fourth-order valence-electron chi connectivity index (χ4n) is 1.95. The number of hydrogen-bond acceptors (Lipinski definition) is 6. The summed E-state index contributed by atoms with van der Waals surface area (Å²) in [6.07, 6.45) is 4.62. The lowest BCUT2D eigenvalue weighted by atomic mass is 10.1. The van der Waals surface area contributed by atoms with E-state index in [2.05, 4.69) is 20.3 Å². The van der Waals surface area contributed by atoms with Crippen LogP contribution in [0.25, 0.3) is 11.3 Å². The van der Waals surface area contributed by atoms with E-state index in [1.165, 1.54) is 6.20 Å². The Kier molecular flexibility index (Phi) is 5.03. The van der Waals surface area contributed by atoms with Crippen molar-refractivity contribution in [3.63, 3.8) is 0 Å². The lowest BCUT2D eigenvalue weighted by molar-refractivity contribution is 0.0697. The molecular formula is C16H17N5O2. The molecule has 0 amide bonds. The van der Waals surface area contributed by atoms with Crippen molar-refractivity contribution in [2.45, 2.75) is 6.92 Å². The smallest absolute Gasteiger partial charge is 0.335 e. The summed E-state index contributed by atoms with van der Waals surface area (Å²) < 4.78 is 0. The van der Waals surface area contributed by atoms with Gasteiger partial charge < -0.3 is 16.2 Å². The van der Waals surface area contributed by atoms with Crippen molar-refractivity contribution < 1.29 is 9.90 Å². The van der Waals surface area contributed by atoms with Gasteiger partial charge in [0.05, 0.1) is 17.0 Å². The van der Waals surface area contributed by atoms with E-state index in [-0.39, 0.29) is 5.56 Å². The van der Waals surface area contributed by atoms with Gasteiger partial charge in [-0.1, -0.05) is 12.1 Å². The Labute approximate surface area is 133 Å². The minimum atomic E-state index is -0.963. The maximum atomic E-state index is 10.9. The van der Waals surface area contributed by atoms with E-state index in [4.69, 9.17) is 10.8 Å². The summed E-state index contributed by atoms with van der Waals surface area (Å²) in [4.78, 5) is 23.5. The standard InChI is InChI=1S/C16H17N5O2/c1-10-8-19-16(20-13(7-17)9-18-2)21-14(10)11-3-5-12(6-4-11)15(22)23/h3-9H,17H2,1-2H3,(H,22,23)(H,19,20,21)/b13-7+,18-9?. The van der Waals surface area contributed by atoms with E-state index in [0.29, 0.717) is 17.3 Å². The number of nitrogens with zero attached hydrogens (tertiary/aromatic N) is 3. The molecule has 0 radical (unpaired) electrons. The fourth-order valence-corrected chi connectivity index (χ4v) is 1.95. The Bertz CT molecular complexity index is 767. The normalized spacial score (nSPS) is 11.7. The summed E-state index contributed by atoms with van der Waals surface area (Å²) in [7, 11) is 1.64. The molecule has 2 rings (SSSR count). The summed E-state index contributed by atoms with van der Waals surface area (Å²) in [6.45, 7) is 1.89. The third-order valence-corrected chi connectivity index (χ3v) is 3.08. The summed E-state index contributed by atoms with van der Waals surface area (Å²) in [5, 5.41) is 11.9. The molecule has 0 aliphatic rings. The lowest BCUT2D eigenvalue weighted by Gasteiger charge is -2.09. The van der Waals surface area contributed by atoms with Crippen molar-refractivity contribution in [3.05, 3.63) is 53.5 Å². The van der Waals surface area contributed by atoms with Gasteiger partial charge in [0.1, 0.15) is 0 Å². The van der Waals surface area contributed by atoms with Gasteiger partial charge in [0.2, 0.25) is 5.95 Å². The minimum absolute atomic E-state index is 0.228. The topological polar surface area (TPSA) is 113 Å². The SMILES string of the molecule is CN=C/C(=C\N)Nc1ncc(C)c(-c2ccc(C(=O)O)cc2)n1. The zero-order valence-electron chi connectivity index (χ0n) is 12.8. The van der Waals surface area contributed by atoms with Crippen LogP contribution in [0.3, 0.4) is 0 Å². The van der Waals surface area contributed by atoms with E-state index in [1.807, 2.05) is 6.92 Å². The van der Waals surface area contributed by atoms with Gasteiger partial charge in [0.15, 0.2) is 0 Å². The molecule has 1 aromatic carbocycles. The summed E-state index contributed by atoms with van der Waals surface area (Å²) >= 11 is 0. The molecule has 0 saturated heterocycles. The van der Waals surface area contributed by atoms with Gasteiger partial charge in [-0.15, -0.1) is 0 Å². The largest absolute Gasteiger partial charge is 0.478 e. The van der Waals surface area contributed by atoms with E-state index >= 15 is 0 Å². The molecule has 118 valence electrons. The predicted octanol–water partition coefficient (Wildman–Crippen LogP) is 2.06. The second-order valence-corrected chi connectivity index (χ2v) is 4.74. The van der Waals surface area contributed by atoms with Crippen molar-refractivity contribution in [3.8, 4) is 11.3 Å². The number of carbonyl (C=O) groups is 1. The van der Waals surface area contributed by atoms with Crippen LogP contribution < -0.4 is 11.1 Å². The Balaban J connectivity index is 2.35. The molecule has 0 aliphatic heterocycles. The molecule has 23 heavy (non-hydrogen) atoms. The second-order valence-electron chi connectivity index (χ2n) is 4.74. The van der Waals surface area contributed by atoms with Crippen LogP contribution >= 0.6 is 0 Å². The van der Waals surface area contributed by atoms with Crippen LogP contribution in [0.1, 0.15) is 15.9 Å². The number of allylic oxidation sites excluding steroid dienone is 1. The highest BCUT2D eigenvalue weighted by molar-refractivity contribution is 5.88.